The average molecular weight is 323 g/mol. The summed E-state index contributed by atoms with van der Waals surface area (Å²) in [5.74, 6) is 0. The molecule has 0 amide bonds. The Balaban J connectivity index is 2.23. The van der Waals surface area contributed by atoms with Crippen molar-refractivity contribution < 1.29 is 0 Å². The minimum Gasteiger partial charge on any atom is -0.302 e. The van der Waals surface area contributed by atoms with Crippen LogP contribution in [0.25, 0.3) is 0 Å². The Hall–Kier alpha value is -0.850. The van der Waals surface area contributed by atoms with Gasteiger partial charge in [-0.2, -0.15) is 5.26 Å². The molecule has 3 heteroatoms. The average Bonchev–Trinajstić information content (AvgIpc) is 2.38. The van der Waals surface area contributed by atoms with Crippen molar-refractivity contribution in [3.8, 4) is 6.07 Å². The normalized spacial score (nSPS) is 11.6. The highest BCUT2D eigenvalue weighted by Gasteiger charge is 2.15. The van der Waals surface area contributed by atoms with Gasteiger partial charge in [0.05, 0.1) is 11.5 Å². The van der Waals surface area contributed by atoms with Crippen LogP contribution in [0.15, 0.2) is 28.7 Å². The molecule has 1 aromatic carbocycles. The maximum Gasteiger partial charge on any atom is 0.0683 e. The van der Waals surface area contributed by atoms with Gasteiger partial charge in [-0.1, -0.05) is 34.5 Å². The van der Waals surface area contributed by atoms with Gasteiger partial charge in [0, 0.05) is 11.0 Å². The molecule has 0 heterocycles. The summed E-state index contributed by atoms with van der Waals surface area (Å²) in [6, 6.07) is 10.8. The fourth-order valence-corrected chi connectivity index (χ4v) is 2.25. The molecule has 0 aromatic heterocycles. The summed E-state index contributed by atoms with van der Waals surface area (Å²) < 4.78 is 1.12. The fraction of sp³-hybridized carbons (Fsp3) is 0.562. The number of hydrogen-bond donors (Lipinski definition) is 0. The van der Waals surface area contributed by atoms with Crippen LogP contribution in [0.4, 0.5) is 0 Å². The third-order valence-electron chi connectivity index (χ3n) is 3.26. The summed E-state index contributed by atoms with van der Waals surface area (Å²) in [7, 11) is 2.15. The molecule has 0 saturated carbocycles. The molecule has 0 fully saturated rings. The zero-order valence-corrected chi connectivity index (χ0v) is 13.7. The van der Waals surface area contributed by atoms with Crippen LogP contribution < -0.4 is 0 Å². The van der Waals surface area contributed by atoms with Gasteiger partial charge in [-0.05, 0) is 58.0 Å². The molecule has 0 saturated heterocycles. The molecule has 2 nitrogen and oxygen atoms in total. The van der Waals surface area contributed by atoms with Gasteiger partial charge >= 0.3 is 0 Å². The van der Waals surface area contributed by atoms with Gasteiger partial charge in [0.15, 0.2) is 0 Å². The Morgan fingerprint density at radius 1 is 1.21 bits per heavy atom. The predicted molar refractivity (Wildman–Crippen MR) is 83.7 cm³/mol. The third-order valence-corrected chi connectivity index (χ3v) is 3.79. The number of halogens is 1. The second-order valence-electron chi connectivity index (χ2n) is 5.82. The van der Waals surface area contributed by atoms with Crippen LogP contribution in [0.2, 0.25) is 0 Å². The summed E-state index contributed by atoms with van der Waals surface area (Å²) in [6.45, 7) is 6.09. The zero-order chi connectivity index (χ0) is 14.3. The van der Waals surface area contributed by atoms with E-state index in [-0.39, 0.29) is 5.41 Å². The van der Waals surface area contributed by atoms with Crippen molar-refractivity contribution in [2.75, 3.05) is 13.6 Å². The highest BCUT2D eigenvalue weighted by molar-refractivity contribution is 9.10. The molecule has 1 aromatic rings. The van der Waals surface area contributed by atoms with Crippen LogP contribution in [0.1, 0.15) is 38.7 Å². The molecular formula is C16H23BrN2. The second-order valence-corrected chi connectivity index (χ2v) is 6.73. The first-order chi connectivity index (χ1) is 8.93. The molecule has 0 N–H and O–H groups in total. The van der Waals surface area contributed by atoms with Gasteiger partial charge in [0.25, 0.3) is 0 Å². The lowest BCUT2D eigenvalue weighted by molar-refractivity contribution is 0.307. The highest BCUT2D eigenvalue weighted by Crippen LogP contribution is 2.21. The lowest BCUT2D eigenvalue weighted by Gasteiger charge is -2.18. The fourth-order valence-electron chi connectivity index (χ4n) is 1.99. The maximum absolute atomic E-state index is 8.96. The summed E-state index contributed by atoms with van der Waals surface area (Å²) in [6.07, 6.45) is 3.25. The summed E-state index contributed by atoms with van der Waals surface area (Å²) in [5, 5.41) is 8.96. The van der Waals surface area contributed by atoms with Gasteiger partial charge < -0.3 is 4.90 Å². The minimum atomic E-state index is -0.176. The Kier molecular flexibility index (Phi) is 6.54. The summed E-state index contributed by atoms with van der Waals surface area (Å²) >= 11 is 3.45. The van der Waals surface area contributed by atoms with Crippen LogP contribution >= 0.6 is 15.9 Å². The number of unbranched alkanes of at least 4 members (excludes halogenated alkanes) is 1. The van der Waals surface area contributed by atoms with Crippen molar-refractivity contribution in [1.29, 1.82) is 5.26 Å². The molecule has 0 radical (unpaired) electrons. The van der Waals surface area contributed by atoms with Gasteiger partial charge in [-0.25, -0.2) is 0 Å². The quantitative estimate of drug-likeness (QED) is 0.686. The van der Waals surface area contributed by atoms with E-state index in [1.165, 1.54) is 5.56 Å². The van der Waals surface area contributed by atoms with E-state index in [0.717, 1.165) is 36.8 Å². The van der Waals surface area contributed by atoms with E-state index in [1.807, 2.05) is 13.8 Å². The van der Waals surface area contributed by atoms with E-state index in [9.17, 15) is 0 Å². The van der Waals surface area contributed by atoms with E-state index in [2.05, 4.69) is 58.2 Å². The van der Waals surface area contributed by atoms with Crippen molar-refractivity contribution in [2.45, 2.75) is 39.7 Å². The van der Waals surface area contributed by atoms with Crippen molar-refractivity contribution >= 4 is 15.9 Å². The molecule has 0 aliphatic rings. The topological polar surface area (TPSA) is 27.0 Å². The summed E-state index contributed by atoms with van der Waals surface area (Å²) in [5.41, 5.74) is 1.16. The molecule has 0 aliphatic heterocycles. The van der Waals surface area contributed by atoms with Gasteiger partial charge in [-0.3, -0.25) is 0 Å². The van der Waals surface area contributed by atoms with E-state index < -0.39 is 0 Å². The standard InChI is InChI=1S/C16H23BrN2/c1-16(2,13-18)10-4-5-11-19(3)12-14-6-8-15(17)9-7-14/h6-9H,4-5,10-12H2,1-3H3. The van der Waals surface area contributed by atoms with E-state index in [1.54, 1.807) is 0 Å². The lowest BCUT2D eigenvalue weighted by Crippen LogP contribution is -2.19. The lowest BCUT2D eigenvalue weighted by atomic mass is 9.89. The molecule has 1 rings (SSSR count). The number of nitriles is 1. The van der Waals surface area contributed by atoms with Crippen molar-refractivity contribution in [3.63, 3.8) is 0 Å². The monoisotopic (exact) mass is 322 g/mol. The van der Waals surface area contributed by atoms with Gasteiger partial charge in [-0.15, -0.1) is 0 Å². The molecule has 0 unspecified atom stereocenters. The Bertz CT molecular complexity index is 417. The Morgan fingerprint density at radius 2 is 1.84 bits per heavy atom. The Labute approximate surface area is 125 Å². The third kappa shape index (κ3) is 6.75. The molecule has 0 bridgehead atoms. The van der Waals surface area contributed by atoms with E-state index in [4.69, 9.17) is 5.26 Å². The summed E-state index contributed by atoms with van der Waals surface area (Å²) in [4.78, 5) is 2.34. The SMILES string of the molecule is CN(CCCCC(C)(C)C#N)Cc1ccc(Br)cc1. The zero-order valence-electron chi connectivity index (χ0n) is 12.1. The van der Waals surface area contributed by atoms with Crippen LogP contribution in [-0.2, 0) is 6.54 Å². The highest BCUT2D eigenvalue weighted by atomic mass is 79.9. The smallest absolute Gasteiger partial charge is 0.0683 e. The van der Waals surface area contributed by atoms with Crippen molar-refractivity contribution in [1.82, 2.24) is 4.90 Å². The molecule has 0 atom stereocenters. The molecule has 104 valence electrons. The molecular weight excluding hydrogens is 300 g/mol. The number of rotatable bonds is 7. The second kappa shape index (κ2) is 7.67. The van der Waals surface area contributed by atoms with Crippen LogP contribution in [0.5, 0.6) is 0 Å². The molecule has 0 spiro atoms. The first kappa shape index (κ1) is 16.2. The molecule has 0 aliphatic carbocycles. The first-order valence-electron chi connectivity index (χ1n) is 6.77. The van der Waals surface area contributed by atoms with Crippen LogP contribution in [0, 0.1) is 16.7 Å². The largest absolute Gasteiger partial charge is 0.302 e. The van der Waals surface area contributed by atoms with Crippen molar-refractivity contribution in [3.05, 3.63) is 34.3 Å². The number of nitrogens with zero attached hydrogens (tertiary/aromatic N) is 2. The maximum atomic E-state index is 8.96. The van der Waals surface area contributed by atoms with Crippen LogP contribution in [0.3, 0.4) is 0 Å². The number of hydrogen-bond acceptors (Lipinski definition) is 2. The minimum absolute atomic E-state index is 0.176. The van der Waals surface area contributed by atoms with E-state index >= 15 is 0 Å². The van der Waals surface area contributed by atoms with Gasteiger partial charge in [0.1, 0.15) is 0 Å². The van der Waals surface area contributed by atoms with E-state index in [0.29, 0.717) is 0 Å². The van der Waals surface area contributed by atoms with Crippen molar-refractivity contribution in [2.24, 2.45) is 5.41 Å². The molecule has 19 heavy (non-hydrogen) atoms. The first-order valence-corrected chi connectivity index (χ1v) is 7.56. The van der Waals surface area contributed by atoms with Gasteiger partial charge in [0.2, 0.25) is 0 Å². The van der Waals surface area contributed by atoms with Crippen LogP contribution in [-0.4, -0.2) is 18.5 Å². The Morgan fingerprint density at radius 3 is 2.42 bits per heavy atom. The predicted octanol–water partition coefficient (Wildman–Crippen LogP) is 4.60. The number of benzene rings is 1.